The van der Waals surface area contributed by atoms with Crippen LogP contribution in [0.1, 0.15) is 40.5 Å². The number of alkyl halides is 1. The Morgan fingerprint density at radius 2 is 2.07 bits per heavy atom. The fourth-order valence-corrected chi connectivity index (χ4v) is 2.28. The monoisotopic (exact) mass is 277 g/mol. The first-order valence-electron chi connectivity index (χ1n) is 5.45. The lowest BCUT2D eigenvalue weighted by Crippen LogP contribution is -2.49. The molecule has 1 amide bonds. The zero-order valence-corrected chi connectivity index (χ0v) is 11.5. The Hall–Kier alpha value is -0.250. The summed E-state index contributed by atoms with van der Waals surface area (Å²) in [5, 5.41) is 0. The highest BCUT2D eigenvalue weighted by molar-refractivity contribution is 9.09. The van der Waals surface area contributed by atoms with E-state index in [1.54, 1.807) is 0 Å². The van der Waals surface area contributed by atoms with E-state index in [1.807, 2.05) is 25.7 Å². The summed E-state index contributed by atoms with van der Waals surface area (Å²) in [7, 11) is 0. The van der Waals surface area contributed by atoms with Gasteiger partial charge in [-0.05, 0) is 40.5 Å². The van der Waals surface area contributed by atoms with Crippen molar-refractivity contribution in [3.05, 3.63) is 0 Å². The summed E-state index contributed by atoms with van der Waals surface area (Å²) in [4.78, 5) is 14.1. The molecule has 0 aromatic rings. The zero-order valence-electron chi connectivity index (χ0n) is 9.92. The lowest BCUT2D eigenvalue weighted by Gasteiger charge is -2.37. The maximum Gasteiger partial charge on any atom is 0.410 e. The molecule has 0 bridgehead atoms. The van der Waals surface area contributed by atoms with E-state index in [0.29, 0.717) is 4.83 Å². The average molecular weight is 278 g/mol. The predicted molar refractivity (Wildman–Crippen MR) is 64.4 cm³/mol. The smallest absolute Gasteiger partial charge is 0.410 e. The number of rotatable bonds is 0. The molecule has 1 rings (SSSR count). The minimum Gasteiger partial charge on any atom is -0.444 e. The van der Waals surface area contributed by atoms with E-state index >= 15 is 0 Å². The van der Waals surface area contributed by atoms with Gasteiger partial charge in [-0.2, -0.15) is 0 Å². The Morgan fingerprint density at radius 1 is 1.47 bits per heavy atom. The third kappa shape index (κ3) is 3.67. The molecule has 1 saturated heterocycles. The van der Waals surface area contributed by atoms with E-state index in [9.17, 15) is 4.79 Å². The number of piperidine rings is 1. The number of nitrogens with zero attached hydrogens (tertiary/aromatic N) is 1. The molecule has 0 N–H and O–H groups in total. The van der Waals surface area contributed by atoms with Crippen LogP contribution in [0.3, 0.4) is 0 Å². The third-order valence-electron chi connectivity index (χ3n) is 2.52. The van der Waals surface area contributed by atoms with Crippen LogP contribution in [0, 0.1) is 0 Å². The highest BCUT2D eigenvalue weighted by Gasteiger charge is 2.32. The quantitative estimate of drug-likeness (QED) is 0.637. The number of ether oxygens (including phenoxy) is 1. The van der Waals surface area contributed by atoms with Crippen LogP contribution in [0.5, 0.6) is 0 Å². The normalized spacial score (nSPS) is 27.7. The van der Waals surface area contributed by atoms with Crippen molar-refractivity contribution in [2.24, 2.45) is 0 Å². The van der Waals surface area contributed by atoms with Crippen molar-refractivity contribution in [2.75, 3.05) is 6.54 Å². The Kier molecular flexibility index (Phi) is 4.04. The fraction of sp³-hybridized carbons (Fsp3) is 0.909. The van der Waals surface area contributed by atoms with Crippen LogP contribution >= 0.6 is 15.9 Å². The summed E-state index contributed by atoms with van der Waals surface area (Å²) in [6.45, 7) is 8.54. The number of likely N-dealkylation sites (tertiary alicyclic amines) is 1. The van der Waals surface area contributed by atoms with Gasteiger partial charge in [0, 0.05) is 17.4 Å². The topological polar surface area (TPSA) is 29.5 Å². The number of carbonyl (C=O) groups excluding carboxylic acids is 1. The molecular weight excluding hydrogens is 258 g/mol. The van der Waals surface area contributed by atoms with Crippen LogP contribution in [0.4, 0.5) is 4.79 Å². The Bertz CT molecular complexity index is 237. The van der Waals surface area contributed by atoms with Gasteiger partial charge in [0.2, 0.25) is 0 Å². The molecule has 2 atom stereocenters. The van der Waals surface area contributed by atoms with Gasteiger partial charge in [0.05, 0.1) is 0 Å². The van der Waals surface area contributed by atoms with Crippen molar-refractivity contribution in [3.63, 3.8) is 0 Å². The Balaban J connectivity index is 2.59. The van der Waals surface area contributed by atoms with Gasteiger partial charge < -0.3 is 9.64 Å². The second-order valence-corrected chi connectivity index (χ2v) is 6.25. The van der Waals surface area contributed by atoms with Crippen molar-refractivity contribution >= 4 is 22.0 Å². The Labute approximate surface area is 100 Å². The maximum atomic E-state index is 11.9. The first-order valence-corrected chi connectivity index (χ1v) is 6.36. The van der Waals surface area contributed by atoms with Crippen LogP contribution in [-0.2, 0) is 4.74 Å². The summed E-state index contributed by atoms with van der Waals surface area (Å²) < 4.78 is 5.36. The number of carbonyl (C=O) groups is 1. The van der Waals surface area contributed by atoms with Gasteiger partial charge in [0.1, 0.15) is 5.60 Å². The predicted octanol–water partition coefficient (Wildman–Crippen LogP) is 3.17. The maximum absolute atomic E-state index is 11.9. The molecule has 2 unspecified atom stereocenters. The minimum atomic E-state index is -0.407. The van der Waals surface area contributed by atoms with Crippen molar-refractivity contribution < 1.29 is 9.53 Å². The summed E-state index contributed by atoms with van der Waals surface area (Å²) in [5.41, 5.74) is -0.407. The van der Waals surface area contributed by atoms with E-state index in [2.05, 4.69) is 22.9 Å². The Morgan fingerprint density at radius 3 is 2.60 bits per heavy atom. The van der Waals surface area contributed by atoms with Crippen LogP contribution in [-0.4, -0.2) is 34.0 Å². The average Bonchev–Trinajstić information content (AvgIpc) is 2.06. The van der Waals surface area contributed by atoms with Gasteiger partial charge >= 0.3 is 6.09 Å². The summed E-state index contributed by atoms with van der Waals surface area (Å²) in [6, 6.07) is 0.216. The van der Waals surface area contributed by atoms with E-state index in [4.69, 9.17) is 4.74 Å². The lowest BCUT2D eigenvalue weighted by atomic mass is 10.0. The van der Waals surface area contributed by atoms with Gasteiger partial charge in [-0.1, -0.05) is 15.9 Å². The summed E-state index contributed by atoms with van der Waals surface area (Å²) in [6.07, 6.45) is 1.97. The molecule has 0 aromatic carbocycles. The lowest BCUT2D eigenvalue weighted by molar-refractivity contribution is 0.0131. The summed E-state index contributed by atoms with van der Waals surface area (Å²) in [5.74, 6) is 0. The molecule has 0 aromatic heterocycles. The van der Waals surface area contributed by atoms with Gasteiger partial charge in [-0.25, -0.2) is 4.79 Å². The van der Waals surface area contributed by atoms with Gasteiger partial charge in [-0.15, -0.1) is 0 Å². The molecule has 0 radical (unpaired) electrons. The molecule has 3 nitrogen and oxygen atoms in total. The van der Waals surface area contributed by atoms with E-state index < -0.39 is 5.60 Å². The first kappa shape index (κ1) is 12.8. The highest BCUT2D eigenvalue weighted by Crippen LogP contribution is 2.25. The standard InChI is InChI=1S/C11H20BrNO2/c1-8-9(12)6-5-7-13(8)10(14)15-11(2,3)4/h8-9H,5-7H2,1-4H3. The number of hydrogen-bond donors (Lipinski definition) is 0. The van der Waals surface area contributed by atoms with Crippen LogP contribution in [0.25, 0.3) is 0 Å². The molecule has 1 fully saturated rings. The van der Waals surface area contributed by atoms with E-state index in [-0.39, 0.29) is 12.1 Å². The molecule has 0 saturated carbocycles. The molecule has 4 heteroatoms. The molecule has 88 valence electrons. The number of amides is 1. The van der Waals surface area contributed by atoms with Crippen LogP contribution < -0.4 is 0 Å². The van der Waals surface area contributed by atoms with E-state index in [1.165, 1.54) is 0 Å². The second kappa shape index (κ2) is 4.73. The minimum absolute atomic E-state index is 0.195. The highest BCUT2D eigenvalue weighted by atomic mass is 79.9. The van der Waals surface area contributed by atoms with Crippen molar-refractivity contribution in [1.29, 1.82) is 0 Å². The molecule has 1 aliphatic heterocycles. The van der Waals surface area contributed by atoms with Gasteiger partial charge in [0.25, 0.3) is 0 Å². The molecular formula is C11H20BrNO2. The van der Waals surface area contributed by atoms with Crippen LogP contribution in [0.15, 0.2) is 0 Å². The largest absolute Gasteiger partial charge is 0.444 e. The number of halogens is 1. The third-order valence-corrected chi connectivity index (χ3v) is 3.74. The SMILES string of the molecule is CC1C(Br)CCCN1C(=O)OC(C)(C)C. The van der Waals surface area contributed by atoms with Crippen LogP contribution in [0.2, 0.25) is 0 Å². The van der Waals surface area contributed by atoms with Gasteiger partial charge in [0.15, 0.2) is 0 Å². The fourth-order valence-electron chi connectivity index (χ4n) is 1.67. The second-order valence-electron chi connectivity index (χ2n) is 5.07. The van der Waals surface area contributed by atoms with E-state index in [0.717, 1.165) is 19.4 Å². The molecule has 1 aliphatic rings. The molecule has 0 spiro atoms. The molecule has 1 heterocycles. The molecule has 15 heavy (non-hydrogen) atoms. The zero-order chi connectivity index (χ0) is 11.6. The number of hydrogen-bond acceptors (Lipinski definition) is 2. The summed E-state index contributed by atoms with van der Waals surface area (Å²) >= 11 is 3.59. The van der Waals surface area contributed by atoms with Crippen molar-refractivity contribution in [2.45, 2.75) is 57.0 Å². The van der Waals surface area contributed by atoms with Gasteiger partial charge in [-0.3, -0.25) is 0 Å². The van der Waals surface area contributed by atoms with Crippen molar-refractivity contribution in [3.8, 4) is 0 Å². The van der Waals surface area contributed by atoms with Crippen molar-refractivity contribution in [1.82, 2.24) is 4.90 Å². The molecule has 0 aliphatic carbocycles. The first-order chi connectivity index (χ1) is 6.81.